The largest absolute Gasteiger partial charge is 0.505 e. The van der Waals surface area contributed by atoms with Gasteiger partial charge in [-0.05, 0) is 12.1 Å². The van der Waals surface area contributed by atoms with Crippen LogP contribution in [-0.2, 0) is 6.18 Å². The van der Waals surface area contributed by atoms with E-state index in [1.165, 1.54) is 6.07 Å². The molecule has 0 saturated heterocycles. The molecule has 1 aromatic carbocycles. The molecule has 0 aliphatic heterocycles. The van der Waals surface area contributed by atoms with Crippen molar-refractivity contribution in [3.63, 3.8) is 0 Å². The number of nitrogens with one attached hydrogen (secondary N) is 1. The highest BCUT2D eigenvalue weighted by Crippen LogP contribution is 2.38. The Labute approximate surface area is 71.9 Å². The van der Waals surface area contributed by atoms with Gasteiger partial charge in [-0.15, -0.1) is 0 Å². The first-order valence-corrected chi connectivity index (χ1v) is 3.32. The smallest absolute Gasteiger partial charge is 0.420 e. The van der Waals surface area contributed by atoms with Crippen molar-refractivity contribution in [2.45, 2.75) is 6.18 Å². The van der Waals surface area contributed by atoms with Crippen molar-refractivity contribution in [3.05, 3.63) is 23.8 Å². The number of para-hydroxylation sites is 1. The summed E-state index contributed by atoms with van der Waals surface area (Å²) in [4.78, 5) is 0. The number of alkyl halides is 3. The second kappa shape index (κ2) is 3.14. The van der Waals surface area contributed by atoms with Gasteiger partial charge >= 0.3 is 6.18 Å². The summed E-state index contributed by atoms with van der Waals surface area (Å²) >= 11 is 0. The lowest BCUT2D eigenvalue weighted by Crippen LogP contribution is -2.10. The summed E-state index contributed by atoms with van der Waals surface area (Å²) in [6.45, 7) is 0. The first-order chi connectivity index (χ1) is 5.96. The van der Waals surface area contributed by atoms with E-state index in [-0.39, 0.29) is 5.69 Å². The lowest BCUT2D eigenvalue weighted by Gasteiger charge is -2.11. The second-order valence-corrected chi connectivity index (χ2v) is 2.34. The van der Waals surface area contributed by atoms with Gasteiger partial charge in [0, 0.05) is 0 Å². The molecule has 0 atom stereocenters. The van der Waals surface area contributed by atoms with Gasteiger partial charge in [-0.25, -0.2) is 0 Å². The van der Waals surface area contributed by atoms with Crippen molar-refractivity contribution in [2.24, 2.45) is 5.84 Å². The third-order valence-electron chi connectivity index (χ3n) is 1.50. The van der Waals surface area contributed by atoms with Gasteiger partial charge in [0.25, 0.3) is 0 Å². The third kappa shape index (κ3) is 1.83. The number of halogens is 3. The molecular weight excluding hydrogens is 185 g/mol. The molecule has 4 N–H and O–H groups in total. The highest BCUT2D eigenvalue weighted by Gasteiger charge is 2.34. The van der Waals surface area contributed by atoms with E-state index in [0.29, 0.717) is 0 Å². The normalized spacial score (nSPS) is 11.4. The number of nitrogens with two attached hydrogens (primary N) is 1. The molecule has 0 amide bonds. The minimum atomic E-state index is -4.57. The zero-order valence-corrected chi connectivity index (χ0v) is 6.39. The Morgan fingerprint density at radius 1 is 1.31 bits per heavy atom. The molecule has 3 nitrogen and oxygen atoms in total. The fourth-order valence-electron chi connectivity index (χ4n) is 0.889. The summed E-state index contributed by atoms with van der Waals surface area (Å²) in [6, 6.07) is 3.17. The van der Waals surface area contributed by atoms with Crippen molar-refractivity contribution >= 4 is 5.69 Å². The Morgan fingerprint density at radius 2 is 1.92 bits per heavy atom. The number of nitrogen functional groups attached to an aromatic ring is 1. The molecule has 0 aliphatic carbocycles. The van der Waals surface area contributed by atoms with Crippen LogP contribution in [0.25, 0.3) is 0 Å². The molecule has 0 unspecified atom stereocenters. The van der Waals surface area contributed by atoms with Gasteiger partial charge < -0.3 is 10.5 Å². The van der Waals surface area contributed by atoms with Crippen LogP contribution in [0.1, 0.15) is 5.56 Å². The number of rotatable bonds is 1. The molecule has 0 saturated carbocycles. The van der Waals surface area contributed by atoms with E-state index >= 15 is 0 Å². The first kappa shape index (κ1) is 9.66. The molecule has 0 spiro atoms. The molecule has 13 heavy (non-hydrogen) atoms. The quantitative estimate of drug-likeness (QED) is 0.360. The predicted octanol–water partition coefficient (Wildman–Crippen LogP) is 1.70. The van der Waals surface area contributed by atoms with Crippen LogP contribution in [0.2, 0.25) is 0 Å². The van der Waals surface area contributed by atoms with E-state index in [0.717, 1.165) is 12.1 Å². The van der Waals surface area contributed by atoms with E-state index in [4.69, 9.17) is 10.9 Å². The Balaban J connectivity index is 3.24. The highest BCUT2D eigenvalue weighted by molar-refractivity contribution is 5.59. The van der Waals surface area contributed by atoms with Crippen LogP contribution in [0.5, 0.6) is 5.75 Å². The number of hydrazine groups is 1. The minimum Gasteiger partial charge on any atom is -0.505 e. The number of hydrogen-bond acceptors (Lipinski definition) is 3. The van der Waals surface area contributed by atoms with E-state index in [2.05, 4.69) is 0 Å². The molecule has 0 fully saturated rings. The fourth-order valence-corrected chi connectivity index (χ4v) is 0.889. The Bertz CT molecular complexity index is 311. The lowest BCUT2D eigenvalue weighted by molar-refractivity contribution is -0.138. The number of anilines is 1. The fraction of sp³-hybridized carbons (Fsp3) is 0.143. The van der Waals surface area contributed by atoms with Crippen molar-refractivity contribution in [3.8, 4) is 5.75 Å². The highest BCUT2D eigenvalue weighted by atomic mass is 19.4. The van der Waals surface area contributed by atoms with Crippen LogP contribution < -0.4 is 11.3 Å². The van der Waals surface area contributed by atoms with Gasteiger partial charge in [-0.1, -0.05) is 6.07 Å². The summed E-state index contributed by atoms with van der Waals surface area (Å²) in [6.07, 6.45) is -4.57. The van der Waals surface area contributed by atoms with Crippen LogP contribution >= 0.6 is 0 Å². The van der Waals surface area contributed by atoms with Gasteiger partial charge in [0.1, 0.15) is 0 Å². The molecule has 0 radical (unpaired) electrons. The van der Waals surface area contributed by atoms with Crippen LogP contribution in [0, 0.1) is 0 Å². The van der Waals surface area contributed by atoms with Gasteiger partial charge in [-0.2, -0.15) is 13.2 Å². The number of benzene rings is 1. The van der Waals surface area contributed by atoms with Crippen molar-refractivity contribution in [1.29, 1.82) is 0 Å². The Hall–Kier alpha value is -1.43. The van der Waals surface area contributed by atoms with Crippen LogP contribution in [0.15, 0.2) is 18.2 Å². The van der Waals surface area contributed by atoms with Gasteiger partial charge in [0.05, 0.1) is 11.3 Å². The average Bonchev–Trinajstić information content (AvgIpc) is 2.02. The molecule has 0 bridgehead atoms. The molecule has 1 rings (SSSR count). The van der Waals surface area contributed by atoms with Crippen LogP contribution in [-0.4, -0.2) is 5.11 Å². The maximum atomic E-state index is 12.1. The molecule has 0 aromatic heterocycles. The zero-order valence-electron chi connectivity index (χ0n) is 6.39. The Kier molecular flexibility index (Phi) is 2.33. The molecule has 72 valence electrons. The summed E-state index contributed by atoms with van der Waals surface area (Å²) in [5.74, 6) is 3.99. The number of aromatic hydroxyl groups is 1. The number of hydrogen-bond donors (Lipinski definition) is 3. The maximum absolute atomic E-state index is 12.1. The molecule has 0 aliphatic rings. The number of phenolic OH excluding ortho intramolecular Hbond substituents is 1. The lowest BCUT2D eigenvalue weighted by atomic mass is 10.1. The second-order valence-electron chi connectivity index (χ2n) is 2.34. The monoisotopic (exact) mass is 192 g/mol. The summed E-state index contributed by atoms with van der Waals surface area (Å²) in [5, 5.41) is 9.06. The molecule has 1 aromatic rings. The van der Waals surface area contributed by atoms with Crippen molar-refractivity contribution in [1.82, 2.24) is 0 Å². The van der Waals surface area contributed by atoms with Gasteiger partial charge in [0.2, 0.25) is 0 Å². The molecular formula is C7H7F3N2O. The van der Waals surface area contributed by atoms with Gasteiger partial charge in [-0.3, -0.25) is 5.84 Å². The van der Waals surface area contributed by atoms with E-state index in [1.807, 2.05) is 5.43 Å². The summed E-state index contributed by atoms with van der Waals surface area (Å²) in [5.41, 5.74) is 0.692. The first-order valence-electron chi connectivity index (χ1n) is 3.32. The number of phenols is 1. The van der Waals surface area contributed by atoms with Crippen molar-refractivity contribution in [2.75, 3.05) is 5.43 Å². The summed E-state index contributed by atoms with van der Waals surface area (Å²) < 4.78 is 36.4. The molecule has 6 heteroatoms. The maximum Gasteiger partial charge on any atom is 0.420 e. The standard InChI is InChI=1S/C7H7F3N2O/c8-7(9,10)4-2-1-3-5(12-11)6(4)13/h1-3,12-13H,11H2. The van der Waals surface area contributed by atoms with Crippen molar-refractivity contribution < 1.29 is 18.3 Å². The minimum absolute atomic E-state index is 0.158. The van der Waals surface area contributed by atoms with E-state index in [1.54, 1.807) is 0 Å². The van der Waals surface area contributed by atoms with E-state index in [9.17, 15) is 13.2 Å². The van der Waals surface area contributed by atoms with Crippen LogP contribution in [0.4, 0.5) is 18.9 Å². The predicted molar refractivity (Wildman–Crippen MR) is 40.9 cm³/mol. The van der Waals surface area contributed by atoms with Gasteiger partial charge in [0.15, 0.2) is 5.75 Å². The molecule has 0 heterocycles. The zero-order chi connectivity index (χ0) is 10.1. The average molecular weight is 192 g/mol. The third-order valence-corrected chi connectivity index (χ3v) is 1.50. The van der Waals surface area contributed by atoms with E-state index < -0.39 is 17.5 Å². The Morgan fingerprint density at radius 3 is 2.38 bits per heavy atom. The van der Waals surface area contributed by atoms with Crippen LogP contribution in [0.3, 0.4) is 0 Å². The topological polar surface area (TPSA) is 58.3 Å². The summed E-state index contributed by atoms with van der Waals surface area (Å²) in [7, 11) is 0. The SMILES string of the molecule is NNc1cccc(C(F)(F)F)c1O.